The van der Waals surface area contributed by atoms with Crippen LogP contribution in [0.5, 0.6) is 0 Å². The molecule has 0 aliphatic heterocycles. The van der Waals surface area contributed by atoms with Gasteiger partial charge in [-0.1, -0.05) is 53.0 Å². The van der Waals surface area contributed by atoms with Gasteiger partial charge in [-0.2, -0.15) is 0 Å². The Morgan fingerprint density at radius 1 is 1.53 bits per heavy atom. The summed E-state index contributed by atoms with van der Waals surface area (Å²) in [5.41, 5.74) is 0.657. The number of hydrogen-bond donors (Lipinski definition) is 1. The second-order valence-corrected chi connectivity index (χ2v) is 4.74. The lowest BCUT2D eigenvalue weighted by molar-refractivity contribution is -0.115. The van der Waals surface area contributed by atoms with Gasteiger partial charge < -0.3 is 5.32 Å². The Labute approximate surface area is 103 Å². The highest BCUT2D eigenvalue weighted by Crippen LogP contribution is 2.21. The number of anilines is 1. The Morgan fingerprint density at radius 3 is 2.80 bits per heavy atom. The van der Waals surface area contributed by atoms with Crippen LogP contribution in [-0.2, 0) is 4.79 Å². The van der Waals surface area contributed by atoms with E-state index >= 15 is 0 Å². The summed E-state index contributed by atoms with van der Waals surface area (Å²) in [7, 11) is 0. The molecule has 0 saturated heterocycles. The topological polar surface area (TPSA) is 29.1 Å². The largest absolute Gasteiger partial charge is 0.324 e. The van der Waals surface area contributed by atoms with Gasteiger partial charge in [0, 0.05) is 0 Å². The molecule has 0 aliphatic rings. The number of halogens is 2. The van der Waals surface area contributed by atoms with Crippen LogP contribution in [-0.4, -0.2) is 10.7 Å². The molecule has 0 aliphatic carbocycles. The second-order valence-electron chi connectivity index (χ2n) is 3.23. The summed E-state index contributed by atoms with van der Waals surface area (Å²) in [5, 5.41) is 3.33. The van der Waals surface area contributed by atoms with E-state index in [4.69, 9.17) is 11.6 Å². The third-order valence-corrected chi connectivity index (χ3v) is 3.16. The highest BCUT2D eigenvalue weighted by atomic mass is 79.9. The third-order valence-electron chi connectivity index (χ3n) is 1.96. The van der Waals surface area contributed by atoms with Gasteiger partial charge in [0.1, 0.15) is 0 Å². The van der Waals surface area contributed by atoms with Gasteiger partial charge in [0.05, 0.1) is 15.5 Å². The van der Waals surface area contributed by atoms with E-state index in [9.17, 15) is 4.79 Å². The Kier molecular flexibility index (Phi) is 5.12. The molecule has 0 spiro atoms. The number of carbonyl (C=O) groups excluding carboxylic acids is 1. The summed E-state index contributed by atoms with van der Waals surface area (Å²) in [5.74, 6) is -0.0510. The summed E-state index contributed by atoms with van der Waals surface area (Å²) in [6.07, 6.45) is 1.78. The molecule has 0 aromatic heterocycles. The maximum atomic E-state index is 11.6. The first-order valence-electron chi connectivity index (χ1n) is 4.84. The Bertz CT molecular complexity index is 343. The van der Waals surface area contributed by atoms with Crippen LogP contribution in [0.2, 0.25) is 5.02 Å². The van der Waals surface area contributed by atoms with E-state index in [0.717, 1.165) is 12.8 Å². The summed E-state index contributed by atoms with van der Waals surface area (Å²) in [6.45, 7) is 2.04. The molecule has 0 heterocycles. The van der Waals surface area contributed by atoms with Crippen molar-refractivity contribution in [2.24, 2.45) is 0 Å². The lowest BCUT2D eigenvalue weighted by Gasteiger charge is -2.10. The van der Waals surface area contributed by atoms with Crippen LogP contribution in [0.4, 0.5) is 5.69 Å². The monoisotopic (exact) mass is 289 g/mol. The molecule has 0 radical (unpaired) electrons. The molecule has 0 saturated carbocycles. The molecular weight excluding hydrogens is 277 g/mol. The number of para-hydroxylation sites is 1. The predicted molar refractivity (Wildman–Crippen MR) is 67.7 cm³/mol. The second kappa shape index (κ2) is 6.13. The molecule has 0 fully saturated rings. The zero-order valence-electron chi connectivity index (χ0n) is 8.47. The summed E-state index contributed by atoms with van der Waals surface area (Å²) >= 11 is 9.25. The van der Waals surface area contributed by atoms with Crippen molar-refractivity contribution in [3.63, 3.8) is 0 Å². The SMILES string of the molecule is CCCC(Br)C(=O)Nc1ccccc1Cl. The smallest absolute Gasteiger partial charge is 0.238 e. The molecule has 1 N–H and O–H groups in total. The molecule has 4 heteroatoms. The van der Waals surface area contributed by atoms with Crippen LogP contribution in [0, 0.1) is 0 Å². The average Bonchev–Trinajstić information content (AvgIpc) is 2.21. The van der Waals surface area contributed by atoms with Gasteiger partial charge in [0.2, 0.25) is 5.91 Å². The first kappa shape index (κ1) is 12.5. The average molecular weight is 291 g/mol. The van der Waals surface area contributed by atoms with Crippen molar-refractivity contribution in [3.05, 3.63) is 29.3 Å². The van der Waals surface area contributed by atoms with E-state index in [1.54, 1.807) is 12.1 Å². The lowest BCUT2D eigenvalue weighted by Crippen LogP contribution is -2.22. The normalized spacial score (nSPS) is 12.2. The number of benzene rings is 1. The van der Waals surface area contributed by atoms with Crippen molar-refractivity contribution in [3.8, 4) is 0 Å². The molecule has 2 nitrogen and oxygen atoms in total. The highest BCUT2D eigenvalue weighted by Gasteiger charge is 2.14. The molecule has 82 valence electrons. The minimum atomic E-state index is -0.154. The van der Waals surface area contributed by atoms with E-state index in [-0.39, 0.29) is 10.7 Å². The summed E-state index contributed by atoms with van der Waals surface area (Å²) in [6, 6.07) is 7.20. The van der Waals surface area contributed by atoms with E-state index < -0.39 is 0 Å². The Hall–Kier alpha value is -0.540. The first-order valence-corrected chi connectivity index (χ1v) is 6.14. The van der Waals surface area contributed by atoms with Crippen molar-refractivity contribution in [1.82, 2.24) is 0 Å². The van der Waals surface area contributed by atoms with Gasteiger partial charge in [-0.15, -0.1) is 0 Å². The first-order chi connectivity index (χ1) is 7.15. The van der Waals surface area contributed by atoms with Crippen molar-refractivity contribution >= 4 is 39.1 Å². The molecule has 15 heavy (non-hydrogen) atoms. The van der Waals surface area contributed by atoms with Crippen molar-refractivity contribution < 1.29 is 4.79 Å². The predicted octanol–water partition coefficient (Wildman–Crippen LogP) is 3.84. The fourth-order valence-electron chi connectivity index (χ4n) is 1.16. The molecule has 1 amide bonds. The van der Waals surface area contributed by atoms with Crippen molar-refractivity contribution in [2.75, 3.05) is 5.32 Å². The third kappa shape index (κ3) is 3.84. The highest BCUT2D eigenvalue weighted by molar-refractivity contribution is 9.10. The molecule has 1 atom stereocenters. The number of amides is 1. The van der Waals surface area contributed by atoms with E-state index in [1.807, 2.05) is 19.1 Å². The van der Waals surface area contributed by atoms with Gasteiger partial charge in [-0.3, -0.25) is 4.79 Å². The van der Waals surface area contributed by atoms with Crippen molar-refractivity contribution in [2.45, 2.75) is 24.6 Å². The van der Waals surface area contributed by atoms with E-state index in [0.29, 0.717) is 10.7 Å². The van der Waals surface area contributed by atoms with Gasteiger partial charge >= 0.3 is 0 Å². The van der Waals surface area contributed by atoms with E-state index in [1.165, 1.54) is 0 Å². The number of rotatable bonds is 4. The van der Waals surface area contributed by atoms with Crippen LogP contribution in [0.25, 0.3) is 0 Å². The lowest BCUT2D eigenvalue weighted by atomic mass is 10.2. The molecule has 1 unspecified atom stereocenters. The van der Waals surface area contributed by atoms with Crippen LogP contribution >= 0.6 is 27.5 Å². The van der Waals surface area contributed by atoms with Crippen LogP contribution < -0.4 is 5.32 Å². The zero-order valence-corrected chi connectivity index (χ0v) is 10.8. The van der Waals surface area contributed by atoms with Crippen molar-refractivity contribution in [1.29, 1.82) is 0 Å². The quantitative estimate of drug-likeness (QED) is 0.839. The maximum Gasteiger partial charge on any atom is 0.238 e. The molecule has 0 bridgehead atoms. The number of alkyl halides is 1. The molecule has 1 aromatic carbocycles. The minimum absolute atomic E-state index is 0.0510. The van der Waals surface area contributed by atoms with Gasteiger partial charge in [0.25, 0.3) is 0 Å². The van der Waals surface area contributed by atoms with Gasteiger partial charge in [-0.05, 0) is 18.6 Å². The summed E-state index contributed by atoms with van der Waals surface area (Å²) in [4.78, 5) is 11.5. The Morgan fingerprint density at radius 2 is 2.20 bits per heavy atom. The Balaban J connectivity index is 2.62. The van der Waals surface area contributed by atoms with Crippen LogP contribution in [0.15, 0.2) is 24.3 Å². The van der Waals surface area contributed by atoms with Gasteiger partial charge in [0.15, 0.2) is 0 Å². The van der Waals surface area contributed by atoms with E-state index in [2.05, 4.69) is 21.2 Å². The fraction of sp³-hybridized carbons (Fsp3) is 0.364. The minimum Gasteiger partial charge on any atom is -0.324 e. The van der Waals surface area contributed by atoms with Gasteiger partial charge in [-0.25, -0.2) is 0 Å². The van der Waals surface area contributed by atoms with Crippen LogP contribution in [0.3, 0.4) is 0 Å². The standard InChI is InChI=1S/C11H13BrClNO/c1-2-5-8(12)11(15)14-10-7-4-3-6-9(10)13/h3-4,6-8H,2,5H2,1H3,(H,14,15). The number of hydrogen-bond acceptors (Lipinski definition) is 1. The zero-order chi connectivity index (χ0) is 11.3. The number of nitrogens with one attached hydrogen (secondary N) is 1. The van der Waals surface area contributed by atoms with Crippen LogP contribution in [0.1, 0.15) is 19.8 Å². The molecular formula is C11H13BrClNO. The molecule has 1 rings (SSSR count). The number of carbonyl (C=O) groups is 1. The summed E-state index contributed by atoms with van der Waals surface area (Å²) < 4.78 is 0. The fourth-order valence-corrected chi connectivity index (χ4v) is 1.91. The molecule has 1 aromatic rings. The maximum absolute atomic E-state index is 11.6.